The molecule has 0 saturated carbocycles. The zero-order valence-electron chi connectivity index (χ0n) is 12.8. The van der Waals surface area contributed by atoms with Gasteiger partial charge in [0.2, 0.25) is 5.91 Å². The van der Waals surface area contributed by atoms with Crippen LogP contribution in [-0.2, 0) is 4.79 Å². The second-order valence-corrected chi connectivity index (χ2v) is 7.07. The van der Waals surface area contributed by atoms with Gasteiger partial charge in [0.05, 0.1) is 32.7 Å². The Kier molecular flexibility index (Phi) is 6.36. The molecule has 0 aliphatic carbocycles. The summed E-state index contributed by atoms with van der Waals surface area (Å²) in [4.78, 5) is 16.4. The van der Waals surface area contributed by atoms with E-state index < -0.39 is 0 Å². The summed E-state index contributed by atoms with van der Waals surface area (Å²) in [5, 5.41) is 13.8. The number of rotatable bonds is 4. The van der Waals surface area contributed by atoms with Gasteiger partial charge in [0.15, 0.2) is 0 Å². The van der Waals surface area contributed by atoms with Crippen LogP contribution in [0.15, 0.2) is 23.2 Å². The number of hydrogen-bond acceptors (Lipinski definition) is 4. The van der Waals surface area contributed by atoms with Crippen molar-refractivity contribution in [2.45, 2.75) is 18.9 Å². The predicted molar refractivity (Wildman–Crippen MR) is 99.3 cm³/mol. The number of hydrogen-bond donors (Lipinski definition) is 1. The van der Waals surface area contributed by atoms with Crippen molar-refractivity contribution in [2.75, 3.05) is 11.1 Å². The van der Waals surface area contributed by atoms with E-state index in [0.717, 1.165) is 0 Å². The number of nitriles is 1. The predicted octanol–water partition coefficient (Wildman–Crippen LogP) is 5.26. The van der Waals surface area contributed by atoms with Gasteiger partial charge in [-0.2, -0.15) is 5.26 Å². The lowest BCUT2D eigenvalue weighted by Gasteiger charge is -2.10. The Morgan fingerprint density at radius 3 is 2.71 bits per heavy atom. The minimum Gasteiger partial charge on any atom is -0.324 e. The van der Waals surface area contributed by atoms with Crippen LogP contribution in [0.25, 0.3) is 0 Å². The van der Waals surface area contributed by atoms with Crippen molar-refractivity contribution in [3.63, 3.8) is 0 Å². The van der Waals surface area contributed by atoms with E-state index in [0.29, 0.717) is 42.6 Å². The van der Waals surface area contributed by atoms with Gasteiger partial charge in [0, 0.05) is 5.02 Å². The van der Waals surface area contributed by atoms with Crippen molar-refractivity contribution in [3.8, 4) is 6.07 Å². The quantitative estimate of drug-likeness (QED) is 0.711. The van der Waals surface area contributed by atoms with Crippen molar-refractivity contribution in [1.82, 2.24) is 4.98 Å². The molecule has 0 unspecified atom stereocenters. The maximum atomic E-state index is 12.1. The van der Waals surface area contributed by atoms with Gasteiger partial charge >= 0.3 is 0 Å². The van der Waals surface area contributed by atoms with Crippen LogP contribution < -0.4 is 5.32 Å². The number of carbonyl (C=O) groups excluding carboxylic acids is 1. The maximum Gasteiger partial charge on any atom is 0.234 e. The van der Waals surface area contributed by atoms with E-state index in [9.17, 15) is 10.1 Å². The topological polar surface area (TPSA) is 65.8 Å². The molecule has 0 atom stereocenters. The van der Waals surface area contributed by atoms with E-state index in [1.54, 1.807) is 32.0 Å². The monoisotopic (exact) mass is 399 g/mol. The molecule has 124 valence electrons. The molecule has 1 aromatic heterocycles. The molecule has 1 N–H and O–H groups in total. The van der Waals surface area contributed by atoms with Gasteiger partial charge < -0.3 is 5.32 Å². The van der Waals surface area contributed by atoms with Crippen LogP contribution >= 0.6 is 46.6 Å². The summed E-state index contributed by atoms with van der Waals surface area (Å²) < 4.78 is 0. The Morgan fingerprint density at radius 2 is 2.04 bits per heavy atom. The Labute approximate surface area is 159 Å². The molecule has 0 aliphatic rings. The number of aryl methyl sites for hydroxylation is 1. The third-order valence-corrected chi connectivity index (χ3v) is 5.26. The molecule has 0 radical (unpaired) electrons. The molecule has 1 aromatic carbocycles. The molecule has 4 nitrogen and oxygen atoms in total. The van der Waals surface area contributed by atoms with E-state index >= 15 is 0 Å². The fraction of sp³-hybridized carbons (Fsp3) is 0.188. The lowest BCUT2D eigenvalue weighted by atomic mass is 10.1. The van der Waals surface area contributed by atoms with E-state index in [2.05, 4.69) is 16.4 Å². The first-order valence-electron chi connectivity index (χ1n) is 6.78. The third-order valence-electron chi connectivity index (χ3n) is 3.16. The summed E-state index contributed by atoms with van der Waals surface area (Å²) in [5.74, 6) is -0.203. The molecule has 24 heavy (non-hydrogen) atoms. The van der Waals surface area contributed by atoms with Crippen molar-refractivity contribution in [3.05, 3.63) is 50.1 Å². The van der Waals surface area contributed by atoms with Gasteiger partial charge in [-0.3, -0.25) is 4.79 Å². The van der Waals surface area contributed by atoms with E-state index in [1.807, 2.05) is 0 Å². The number of nitrogens with zero attached hydrogens (tertiary/aromatic N) is 2. The normalized spacial score (nSPS) is 10.3. The molecule has 2 aromatic rings. The molecule has 8 heteroatoms. The summed E-state index contributed by atoms with van der Waals surface area (Å²) in [6.07, 6.45) is 0. The summed E-state index contributed by atoms with van der Waals surface area (Å²) in [6, 6.07) is 6.90. The van der Waals surface area contributed by atoms with Gasteiger partial charge in [-0.15, -0.1) is 0 Å². The van der Waals surface area contributed by atoms with Gasteiger partial charge in [0.25, 0.3) is 0 Å². The third kappa shape index (κ3) is 4.34. The fourth-order valence-corrected chi connectivity index (χ4v) is 3.31. The van der Waals surface area contributed by atoms with Gasteiger partial charge in [0.1, 0.15) is 11.1 Å². The number of nitrogens with one attached hydrogen (secondary N) is 1. The van der Waals surface area contributed by atoms with Crippen molar-refractivity contribution < 1.29 is 4.79 Å². The fourth-order valence-electron chi connectivity index (χ4n) is 1.95. The Balaban J connectivity index is 2.13. The van der Waals surface area contributed by atoms with Gasteiger partial charge in [-0.05, 0) is 37.6 Å². The minimum absolute atomic E-state index is 0.0744. The highest BCUT2D eigenvalue weighted by atomic mass is 35.5. The first-order valence-corrected chi connectivity index (χ1v) is 8.90. The summed E-state index contributed by atoms with van der Waals surface area (Å²) in [7, 11) is 0. The van der Waals surface area contributed by atoms with Crippen LogP contribution in [0.4, 0.5) is 5.69 Å². The van der Waals surface area contributed by atoms with Crippen LogP contribution in [0.3, 0.4) is 0 Å². The van der Waals surface area contributed by atoms with E-state index in [1.165, 1.54) is 11.8 Å². The summed E-state index contributed by atoms with van der Waals surface area (Å²) in [6.45, 7) is 3.51. The highest BCUT2D eigenvalue weighted by Crippen LogP contribution is 2.30. The molecule has 0 aliphatic heterocycles. The number of thioether (sulfide) groups is 1. The number of carbonyl (C=O) groups is 1. The minimum atomic E-state index is -0.278. The first kappa shape index (κ1) is 18.9. The molecule has 1 heterocycles. The van der Waals surface area contributed by atoms with Crippen LogP contribution in [0.5, 0.6) is 0 Å². The second kappa shape index (κ2) is 8.09. The Morgan fingerprint density at radius 1 is 1.33 bits per heavy atom. The number of anilines is 1. The number of amides is 1. The lowest BCUT2D eigenvalue weighted by molar-refractivity contribution is -0.113. The molecule has 0 spiro atoms. The van der Waals surface area contributed by atoms with Crippen molar-refractivity contribution >= 4 is 58.2 Å². The number of pyridine rings is 1. The Bertz CT molecular complexity index is 849. The van der Waals surface area contributed by atoms with Crippen LogP contribution in [-0.4, -0.2) is 16.6 Å². The van der Waals surface area contributed by atoms with Crippen LogP contribution in [0.1, 0.15) is 16.8 Å². The molecule has 0 fully saturated rings. The highest BCUT2D eigenvalue weighted by molar-refractivity contribution is 8.00. The SMILES string of the molecule is Cc1nc(SCC(=O)Nc2cc(Cl)ccc2Cl)c(C#N)c(C)c1Cl. The van der Waals surface area contributed by atoms with E-state index in [-0.39, 0.29) is 11.7 Å². The number of halogens is 3. The molecular weight excluding hydrogens is 389 g/mol. The average Bonchev–Trinajstić information content (AvgIpc) is 2.54. The summed E-state index contributed by atoms with van der Waals surface area (Å²) >= 11 is 19.2. The second-order valence-electron chi connectivity index (χ2n) is 4.89. The van der Waals surface area contributed by atoms with Crippen LogP contribution in [0, 0.1) is 25.2 Å². The standard InChI is InChI=1S/C16H12Cl3N3OS/c1-8-11(6-20)16(21-9(2)15(8)19)24-7-14(23)22-13-5-10(17)3-4-12(13)18/h3-5H,7H2,1-2H3,(H,22,23). The zero-order valence-corrected chi connectivity index (χ0v) is 15.9. The van der Waals surface area contributed by atoms with Crippen molar-refractivity contribution in [2.24, 2.45) is 0 Å². The highest BCUT2D eigenvalue weighted by Gasteiger charge is 2.15. The molecule has 1 amide bonds. The maximum absolute atomic E-state index is 12.1. The molecular formula is C16H12Cl3N3OS. The molecule has 0 bridgehead atoms. The molecule has 2 rings (SSSR count). The number of benzene rings is 1. The smallest absolute Gasteiger partial charge is 0.234 e. The summed E-state index contributed by atoms with van der Waals surface area (Å²) in [5.41, 5.74) is 2.09. The Hall–Kier alpha value is -1.45. The average molecular weight is 401 g/mol. The van der Waals surface area contributed by atoms with Gasteiger partial charge in [-0.1, -0.05) is 46.6 Å². The van der Waals surface area contributed by atoms with Crippen LogP contribution in [0.2, 0.25) is 15.1 Å². The van der Waals surface area contributed by atoms with E-state index in [4.69, 9.17) is 34.8 Å². The largest absolute Gasteiger partial charge is 0.324 e. The van der Waals surface area contributed by atoms with Gasteiger partial charge in [-0.25, -0.2) is 4.98 Å². The number of aromatic nitrogens is 1. The molecule has 0 saturated heterocycles. The zero-order chi connectivity index (χ0) is 17.9. The van der Waals surface area contributed by atoms with Crippen molar-refractivity contribution in [1.29, 1.82) is 5.26 Å². The lowest BCUT2D eigenvalue weighted by Crippen LogP contribution is -2.14. The first-order chi connectivity index (χ1) is 11.3.